The highest BCUT2D eigenvalue weighted by Gasteiger charge is 2.23. The summed E-state index contributed by atoms with van der Waals surface area (Å²) in [5, 5.41) is 2.08. The van der Waals surface area contributed by atoms with Crippen molar-refractivity contribution in [3.05, 3.63) is 23.8 Å². The Balaban J connectivity index is 2.76. The number of benzene rings is 1. The van der Waals surface area contributed by atoms with Crippen LogP contribution >= 0.6 is 0 Å². The van der Waals surface area contributed by atoms with Crippen LogP contribution in [-0.4, -0.2) is 39.2 Å². The lowest BCUT2D eigenvalue weighted by atomic mass is 10.1. The van der Waals surface area contributed by atoms with E-state index in [1.807, 2.05) is 25.2 Å². The summed E-state index contributed by atoms with van der Waals surface area (Å²) in [7, 11) is 5.01. The van der Waals surface area contributed by atoms with E-state index < -0.39 is 18.0 Å². The molecule has 0 saturated heterocycles. The normalized spacial score (nSPS) is 13.1. The van der Waals surface area contributed by atoms with Gasteiger partial charge < -0.3 is 20.1 Å². The molecule has 116 valence electrons. The second-order valence-electron chi connectivity index (χ2n) is 4.79. The van der Waals surface area contributed by atoms with Gasteiger partial charge in [-0.2, -0.15) is 0 Å². The van der Waals surface area contributed by atoms with Crippen LogP contribution < -0.4 is 25.4 Å². The summed E-state index contributed by atoms with van der Waals surface area (Å²) in [6.45, 7) is 2.32. The molecule has 0 aliphatic heterocycles. The number of imide groups is 1. The summed E-state index contributed by atoms with van der Waals surface area (Å²) in [6, 6.07) is 4.33. The maximum absolute atomic E-state index is 11.7. The molecular formula is C14H22N3O4+. The fourth-order valence-corrected chi connectivity index (χ4v) is 1.92. The number of nitrogens with one attached hydrogen (secondary N) is 2. The van der Waals surface area contributed by atoms with Crippen LogP contribution in [-0.2, 0) is 11.3 Å². The Morgan fingerprint density at radius 1 is 1.29 bits per heavy atom. The number of amides is 3. The average molecular weight is 296 g/mol. The Hall–Kier alpha value is -2.28. The molecular weight excluding hydrogens is 274 g/mol. The van der Waals surface area contributed by atoms with Gasteiger partial charge in [0, 0.05) is 5.56 Å². The van der Waals surface area contributed by atoms with Crippen molar-refractivity contribution in [2.75, 3.05) is 21.3 Å². The molecule has 7 nitrogen and oxygen atoms in total. The third-order valence-electron chi connectivity index (χ3n) is 3.31. The number of likely N-dealkylation sites (N-methyl/N-ethyl adjacent to an activating group) is 1. The number of hydrogen-bond donors (Lipinski definition) is 3. The quantitative estimate of drug-likeness (QED) is 0.647. The van der Waals surface area contributed by atoms with Crippen molar-refractivity contribution in [3.8, 4) is 11.5 Å². The van der Waals surface area contributed by atoms with Gasteiger partial charge in [0.15, 0.2) is 17.5 Å². The van der Waals surface area contributed by atoms with Crippen molar-refractivity contribution in [3.63, 3.8) is 0 Å². The highest BCUT2D eigenvalue weighted by atomic mass is 16.5. The smallest absolute Gasteiger partial charge is 0.319 e. The van der Waals surface area contributed by atoms with E-state index in [4.69, 9.17) is 15.2 Å². The molecule has 1 aromatic carbocycles. The standard InChI is InChI=1S/C14H21N3O4/c1-9(13(18)16-14(15)19)17(2)8-10-5-6-11(20-3)12(7-10)21-4/h5-7,9H,8H2,1-4H3,(H3,15,16,18,19)/p+1/t9-/m0/s1. The van der Waals surface area contributed by atoms with Gasteiger partial charge >= 0.3 is 6.03 Å². The first-order chi connectivity index (χ1) is 9.88. The lowest BCUT2D eigenvalue weighted by Crippen LogP contribution is -3.12. The fraction of sp³-hybridized carbons (Fsp3) is 0.429. The van der Waals surface area contributed by atoms with Crippen LogP contribution in [0.5, 0.6) is 11.5 Å². The summed E-state index contributed by atoms with van der Waals surface area (Å²) in [6.07, 6.45) is 0. The monoisotopic (exact) mass is 296 g/mol. The van der Waals surface area contributed by atoms with E-state index in [9.17, 15) is 9.59 Å². The number of nitrogens with two attached hydrogens (primary N) is 1. The van der Waals surface area contributed by atoms with E-state index in [0.29, 0.717) is 18.0 Å². The van der Waals surface area contributed by atoms with Crippen LogP contribution in [0.1, 0.15) is 12.5 Å². The van der Waals surface area contributed by atoms with Gasteiger partial charge in [0.25, 0.3) is 5.91 Å². The van der Waals surface area contributed by atoms with E-state index in [-0.39, 0.29) is 0 Å². The first-order valence-electron chi connectivity index (χ1n) is 6.52. The van der Waals surface area contributed by atoms with Crippen LogP contribution in [0, 0.1) is 0 Å². The first kappa shape index (κ1) is 16.8. The molecule has 0 aromatic heterocycles. The van der Waals surface area contributed by atoms with Gasteiger partial charge in [-0.1, -0.05) is 0 Å². The second kappa shape index (κ2) is 7.49. The van der Waals surface area contributed by atoms with E-state index in [1.165, 1.54) is 0 Å². The number of rotatable bonds is 6. The number of ether oxygens (including phenoxy) is 2. The predicted octanol–water partition coefficient (Wildman–Crippen LogP) is -0.698. The van der Waals surface area contributed by atoms with Crippen LogP contribution in [0.3, 0.4) is 0 Å². The predicted molar refractivity (Wildman–Crippen MR) is 77.3 cm³/mol. The second-order valence-corrected chi connectivity index (χ2v) is 4.79. The summed E-state index contributed by atoms with van der Waals surface area (Å²) >= 11 is 0. The molecule has 4 N–H and O–H groups in total. The number of carbonyl (C=O) groups excluding carboxylic acids is 2. The van der Waals surface area contributed by atoms with Gasteiger partial charge in [-0.3, -0.25) is 10.1 Å². The van der Waals surface area contributed by atoms with Gasteiger partial charge in [-0.15, -0.1) is 0 Å². The molecule has 0 saturated carbocycles. The molecule has 21 heavy (non-hydrogen) atoms. The topological polar surface area (TPSA) is 95.1 Å². The van der Waals surface area contributed by atoms with Crippen molar-refractivity contribution >= 4 is 11.9 Å². The Morgan fingerprint density at radius 3 is 2.43 bits per heavy atom. The van der Waals surface area contributed by atoms with Crippen molar-refractivity contribution in [1.82, 2.24) is 5.32 Å². The van der Waals surface area contributed by atoms with Crippen LogP contribution in [0.2, 0.25) is 0 Å². The summed E-state index contributed by atoms with van der Waals surface area (Å²) in [5.41, 5.74) is 5.93. The molecule has 0 aliphatic carbocycles. The van der Waals surface area contributed by atoms with Gasteiger partial charge in [0.05, 0.1) is 21.3 Å². The number of urea groups is 1. The minimum absolute atomic E-state index is 0.402. The Morgan fingerprint density at radius 2 is 1.90 bits per heavy atom. The Labute approximate surface area is 124 Å². The number of methoxy groups -OCH3 is 2. The third kappa shape index (κ3) is 4.64. The van der Waals surface area contributed by atoms with Crippen LogP contribution in [0.4, 0.5) is 4.79 Å². The van der Waals surface area contributed by atoms with Gasteiger partial charge in [0.2, 0.25) is 0 Å². The molecule has 0 bridgehead atoms. The van der Waals surface area contributed by atoms with Crippen molar-refractivity contribution < 1.29 is 24.0 Å². The number of hydrogen-bond acceptors (Lipinski definition) is 4. The largest absolute Gasteiger partial charge is 0.493 e. The highest BCUT2D eigenvalue weighted by molar-refractivity contribution is 5.95. The molecule has 0 aliphatic rings. The van der Waals surface area contributed by atoms with Crippen molar-refractivity contribution in [1.29, 1.82) is 0 Å². The average Bonchev–Trinajstić information content (AvgIpc) is 2.45. The lowest BCUT2D eigenvalue weighted by Gasteiger charge is -2.21. The van der Waals surface area contributed by atoms with Gasteiger partial charge in [0.1, 0.15) is 6.54 Å². The van der Waals surface area contributed by atoms with Crippen molar-refractivity contribution in [2.45, 2.75) is 19.5 Å². The Bertz CT molecular complexity index is 519. The summed E-state index contributed by atoms with van der Waals surface area (Å²) in [4.78, 5) is 23.3. The van der Waals surface area contributed by atoms with E-state index in [1.54, 1.807) is 21.1 Å². The molecule has 7 heteroatoms. The lowest BCUT2D eigenvalue weighted by molar-refractivity contribution is -0.908. The van der Waals surface area contributed by atoms with E-state index >= 15 is 0 Å². The summed E-state index contributed by atoms with van der Waals surface area (Å²) < 4.78 is 10.4. The molecule has 1 aromatic rings. The number of primary amides is 1. The zero-order valence-corrected chi connectivity index (χ0v) is 12.7. The first-order valence-corrected chi connectivity index (χ1v) is 6.52. The molecule has 3 amide bonds. The molecule has 2 atom stereocenters. The SMILES string of the molecule is COc1ccc(C[NH+](C)[C@@H](C)C(=O)NC(N)=O)cc1OC. The number of quaternary nitrogens is 1. The molecule has 0 radical (unpaired) electrons. The molecule has 1 unspecified atom stereocenters. The maximum Gasteiger partial charge on any atom is 0.319 e. The van der Waals surface area contributed by atoms with Gasteiger partial charge in [-0.05, 0) is 25.1 Å². The molecule has 0 fully saturated rings. The van der Waals surface area contributed by atoms with Crippen LogP contribution in [0.25, 0.3) is 0 Å². The van der Waals surface area contributed by atoms with E-state index in [0.717, 1.165) is 10.5 Å². The van der Waals surface area contributed by atoms with Crippen molar-refractivity contribution in [2.24, 2.45) is 5.73 Å². The minimum atomic E-state index is -0.842. The maximum atomic E-state index is 11.7. The highest BCUT2D eigenvalue weighted by Crippen LogP contribution is 2.27. The third-order valence-corrected chi connectivity index (χ3v) is 3.31. The number of carbonyl (C=O) groups is 2. The van der Waals surface area contributed by atoms with E-state index in [2.05, 4.69) is 5.32 Å². The van der Waals surface area contributed by atoms with Gasteiger partial charge in [-0.25, -0.2) is 4.79 Å². The minimum Gasteiger partial charge on any atom is -0.493 e. The molecule has 1 rings (SSSR count). The summed E-state index contributed by atoms with van der Waals surface area (Å²) in [5.74, 6) is 0.885. The zero-order chi connectivity index (χ0) is 16.0. The Kier molecular flexibility index (Phi) is 5.98. The van der Waals surface area contributed by atoms with Crippen LogP contribution in [0.15, 0.2) is 18.2 Å². The zero-order valence-electron chi connectivity index (χ0n) is 12.7. The molecule has 0 heterocycles. The molecule has 0 spiro atoms. The fourth-order valence-electron chi connectivity index (χ4n) is 1.92.